The van der Waals surface area contributed by atoms with E-state index >= 15 is 0 Å². The van der Waals surface area contributed by atoms with Crippen molar-refractivity contribution in [1.29, 1.82) is 0 Å². The van der Waals surface area contributed by atoms with Crippen molar-refractivity contribution in [2.75, 3.05) is 5.32 Å². The van der Waals surface area contributed by atoms with Gasteiger partial charge in [-0.2, -0.15) is 0 Å². The van der Waals surface area contributed by atoms with Crippen LogP contribution in [0.1, 0.15) is 15.9 Å². The Labute approximate surface area is 124 Å². The molecule has 2 aromatic rings. The fourth-order valence-electron chi connectivity index (χ4n) is 1.63. The molecule has 0 aliphatic rings. The van der Waals surface area contributed by atoms with Gasteiger partial charge in [0.2, 0.25) is 0 Å². The van der Waals surface area contributed by atoms with Crippen molar-refractivity contribution in [2.45, 2.75) is 6.92 Å². The van der Waals surface area contributed by atoms with E-state index in [-0.39, 0.29) is 11.7 Å². The number of rotatable bonds is 2. The van der Waals surface area contributed by atoms with Crippen molar-refractivity contribution in [1.82, 2.24) is 0 Å². The maximum absolute atomic E-state index is 12.2. The number of nitrogens with one attached hydrogen (secondary N) is 1. The molecule has 0 aromatic heterocycles. The Kier molecular flexibility index (Phi) is 4.12. The van der Waals surface area contributed by atoms with Gasteiger partial charge in [-0.1, -0.05) is 33.6 Å². The fourth-order valence-corrected chi connectivity index (χ4v) is 2.22. The van der Waals surface area contributed by atoms with E-state index in [9.17, 15) is 9.90 Å². The molecule has 19 heavy (non-hydrogen) atoms. The molecule has 0 saturated heterocycles. The number of carbonyl (C=O) groups is 1. The Balaban J connectivity index is 2.28. The molecule has 5 heteroatoms. The molecule has 2 N–H and O–H groups in total. The van der Waals surface area contributed by atoms with Gasteiger partial charge >= 0.3 is 0 Å². The van der Waals surface area contributed by atoms with Gasteiger partial charge in [-0.05, 0) is 36.8 Å². The predicted molar refractivity (Wildman–Crippen MR) is 79.9 cm³/mol. The molecule has 2 aromatic carbocycles. The van der Waals surface area contributed by atoms with Crippen molar-refractivity contribution in [3.05, 3.63) is 57.0 Å². The number of hydrogen-bond donors (Lipinski definition) is 2. The summed E-state index contributed by atoms with van der Waals surface area (Å²) >= 11 is 9.28. The lowest BCUT2D eigenvalue weighted by atomic mass is 10.1. The molecule has 0 atom stereocenters. The van der Waals surface area contributed by atoms with Crippen LogP contribution in [0.2, 0.25) is 5.02 Å². The number of amides is 1. The molecule has 0 fully saturated rings. The van der Waals surface area contributed by atoms with Crippen molar-refractivity contribution in [3.8, 4) is 5.75 Å². The summed E-state index contributed by atoms with van der Waals surface area (Å²) in [6.45, 7) is 1.86. The SMILES string of the molecule is Cc1ccc(Br)cc1C(=O)Nc1ccc(O)cc1Cl. The van der Waals surface area contributed by atoms with Crippen molar-refractivity contribution >= 4 is 39.1 Å². The first kappa shape index (κ1) is 13.9. The molecular weight excluding hydrogens is 330 g/mol. The minimum atomic E-state index is -0.244. The topological polar surface area (TPSA) is 49.3 Å². The zero-order valence-electron chi connectivity index (χ0n) is 10.1. The molecule has 0 aliphatic heterocycles. The maximum atomic E-state index is 12.2. The average Bonchev–Trinajstić information content (AvgIpc) is 2.35. The summed E-state index contributed by atoms with van der Waals surface area (Å²) in [7, 11) is 0. The number of halogens is 2. The highest BCUT2D eigenvalue weighted by atomic mass is 79.9. The second-order valence-corrected chi connectivity index (χ2v) is 5.40. The Morgan fingerprint density at radius 3 is 2.68 bits per heavy atom. The largest absolute Gasteiger partial charge is 0.508 e. The molecule has 0 unspecified atom stereocenters. The number of carbonyl (C=O) groups excluding carboxylic acids is 1. The average molecular weight is 341 g/mol. The van der Waals surface area contributed by atoms with E-state index in [0.717, 1.165) is 10.0 Å². The number of aryl methyl sites for hydroxylation is 1. The lowest BCUT2D eigenvalue weighted by Crippen LogP contribution is -2.13. The van der Waals surface area contributed by atoms with Gasteiger partial charge < -0.3 is 10.4 Å². The third kappa shape index (κ3) is 3.28. The predicted octanol–water partition coefficient (Wildman–Crippen LogP) is 4.37. The van der Waals surface area contributed by atoms with Crippen molar-refractivity contribution < 1.29 is 9.90 Å². The van der Waals surface area contributed by atoms with E-state index in [4.69, 9.17) is 11.6 Å². The quantitative estimate of drug-likeness (QED) is 0.798. The van der Waals surface area contributed by atoms with Crippen LogP contribution in [-0.2, 0) is 0 Å². The summed E-state index contributed by atoms with van der Waals surface area (Å²) in [4.78, 5) is 12.2. The third-order valence-corrected chi connectivity index (χ3v) is 3.45. The molecule has 0 radical (unpaired) electrons. The number of phenols is 1. The fraction of sp³-hybridized carbons (Fsp3) is 0.0714. The molecule has 0 saturated carbocycles. The van der Waals surface area contributed by atoms with Crippen molar-refractivity contribution in [3.63, 3.8) is 0 Å². The summed E-state index contributed by atoms with van der Waals surface area (Å²) in [5.41, 5.74) is 1.90. The number of anilines is 1. The van der Waals surface area contributed by atoms with Gasteiger partial charge in [0.25, 0.3) is 5.91 Å². The standard InChI is InChI=1S/C14H11BrClNO2/c1-8-2-3-9(15)6-11(8)14(19)17-13-5-4-10(18)7-12(13)16/h2-7,18H,1H3,(H,17,19). The summed E-state index contributed by atoms with van der Waals surface area (Å²) < 4.78 is 0.833. The highest BCUT2D eigenvalue weighted by Crippen LogP contribution is 2.27. The molecular formula is C14H11BrClNO2. The monoisotopic (exact) mass is 339 g/mol. The molecule has 1 amide bonds. The smallest absolute Gasteiger partial charge is 0.256 e. The van der Waals surface area contributed by atoms with Gasteiger partial charge in [-0.15, -0.1) is 0 Å². The second-order valence-electron chi connectivity index (χ2n) is 4.08. The van der Waals surface area contributed by atoms with Crippen LogP contribution in [0, 0.1) is 6.92 Å². The molecule has 0 aliphatic carbocycles. The molecule has 0 heterocycles. The van der Waals surface area contributed by atoms with Crippen LogP contribution in [0.3, 0.4) is 0 Å². The van der Waals surface area contributed by atoms with E-state index in [0.29, 0.717) is 16.3 Å². The van der Waals surface area contributed by atoms with Gasteiger partial charge in [0, 0.05) is 16.1 Å². The Morgan fingerprint density at radius 2 is 2.00 bits per heavy atom. The molecule has 0 bridgehead atoms. The van der Waals surface area contributed by atoms with E-state index in [2.05, 4.69) is 21.2 Å². The first-order valence-corrected chi connectivity index (χ1v) is 6.70. The lowest BCUT2D eigenvalue weighted by Gasteiger charge is -2.09. The summed E-state index contributed by atoms with van der Waals surface area (Å²) in [5, 5.41) is 12.3. The zero-order chi connectivity index (χ0) is 14.0. The highest BCUT2D eigenvalue weighted by molar-refractivity contribution is 9.10. The summed E-state index contributed by atoms with van der Waals surface area (Å²) in [6, 6.07) is 9.89. The van der Waals surface area contributed by atoms with Crippen LogP contribution in [0.4, 0.5) is 5.69 Å². The number of hydrogen-bond acceptors (Lipinski definition) is 2. The number of aromatic hydroxyl groups is 1. The first-order valence-electron chi connectivity index (χ1n) is 5.53. The van der Waals surface area contributed by atoms with Gasteiger partial charge in [0.15, 0.2) is 0 Å². The van der Waals surface area contributed by atoms with Gasteiger partial charge in [0.1, 0.15) is 5.75 Å². The molecule has 98 valence electrons. The highest BCUT2D eigenvalue weighted by Gasteiger charge is 2.11. The van der Waals surface area contributed by atoms with E-state index in [1.807, 2.05) is 19.1 Å². The Morgan fingerprint density at radius 1 is 1.26 bits per heavy atom. The van der Waals surface area contributed by atoms with Gasteiger partial charge in [0.05, 0.1) is 10.7 Å². The van der Waals surface area contributed by atoms with Crippen molar-refractivity contribution in [2.24, 2.45) is 0 Å². The lowest BCUT2D eigenvalue weighted by molar-refractivity contribution is 0.102. The Bertz CT molecular complexity index is 643. The van der Waals surface area contributed by atoms with Crippen LogP contribution in [0.15, 0.2) is 40.9 Å². The maximum Gasteiger partial charge on any atom is 0.256 e. The van der Waals surface area contributed by atoms with Gasteiger partial charge in [-0.25, -0.2) is 0 Å². The van der Waals surface area contributed by atoms with Crippen LogP contribution in [0.25, 0.3) is 0 Å². The van der Waals surface area contributed by atoms with E-state index < -0.39 is 0 Å². The van der Waals surface area contributed by atoms with Crippen LogP contribution >= 0.6 is 27.5 Å². The number of phenolic OH excluding ortho intramolecular Hbond substituents is 1. The number of benzene rings is 2. The normalized spacial score (nSPS) is 10.3. The van der Waals surface area contributed by atoms with E-state index in [1.54, 1.807) is 12.1 Å². The van der Waals surface area contributed by atoms with Gasteiger partial charge in [-0.3, -0.25) is 4.79 Å². The molecule has 3 nitrogen and oxygen atoms in total. The summed E-state index contributed by atoms with van der Waals surface area (Å²) in [5.74, 6) is -0.187. The molecule has 0 spiro atoms. The Hall–Kier alpha value is -1.52. The zero-order valence-corrected chi connectivity index (χ0v) is 12.4. The third-order valence-electron chi connectivity index (χ3n) is 2.65. The minimum absolute atomic E-state index is 0.0571. The molecule has 2 rings (SSSR count). The van der Waals surface area contributed by atoms with E-state index in [1.165, 1.54) is 12.1 Å². The first-order chi connectivity index (χ1) is 8.97. The van der Waals surface area contributed by atoms with Crippen LogP contribution < -0.4 is 5.32 Å². The second kappa shape index (κ2) is 5.63. The van der Waals surface area contributed by atoms with Crippen LogP contribution in [0.5, 0.6) is 5.75 Å². The minimum Gasteiger partial charge on any atom is -0.508 e. The van der Waals surface area contributed by atoms with Crippen LogP contribution in [-0.4, -0.2) is 11.0 Å². The summed E-state index contributed by atoms with van der Waals surface area (Å²) in [6.07, 6.45) is 0.